The maximum atomic E-state index is 12.4. The Hall–Kier alpha value is -4.13. The van der Waals surface area contributed by atoms with Gasteiger partial charge in [-0.25, -0.2) is 0 Å². The van der Waals surface area contributed by atoms with Crippen LogP contribution in [-0.2, 0) is 6.42 Å². The lowest BCUT2D eigenvalue weighted by Crippen LogP contribution is -2.12. The van der Waals surface area contributed by atoms with E-state index in [-0.39, 0.29) is 10.7 Å². The highest BCUT2D eigenvalue weighted by molar-refractivity contribution is 7.15. The van der Waals surface area contributed by atoms with E-state index in [0.29, 0.717) is 22.9 Å². The van der Waals surface area contributed by atoms with Gasteiger partial charge in [-0.1, -0.05) is 17.4 Å². The number of rotatable bonds is 8. The Bertz CT molecular complexity index is 1130. The van der Waals surface area contributed by atoms with Gasteiger partial charge >= 0.3 is 0 Å². The predicted octanol–water partition coefficient (Wildman–Crippen LogP) is 3.21. The van der Waals surface area contributed by atoms with Gasteiger partial charge in [-0.2, -0.15) is 0 Å². The van der Waals surface area contributed by atoms with Gasteiger partial charge in [-0.3, -0.25) is 30.3 Å². The van der Waals surface area contributed by atoms with Crippen molar-refractivity contribution in [3.8, 4) is 11.5 Å². The summed E-state index contributed by atoms with van der Waals surface area (Å²) >= 11 is 1.10. The van der Waals surface area contributed by atoms with E-state index in [0.717, 1.165) is 35.1 Å². The first-order valence-corrected chi connectivity index (χ1v) is 9.41. The molecule has 0 fully saturated rings. The van der Waals surface area contributed by atoms with Crippen molar-refractivity contribution in [2.75, 3.05) is 19.5 Å². The molecule has 0 aliphatic rings. The maximum absolute atomic E-state index is 12.4. The number of aromatic nitrogens is 2. The smallest absolute Gasteiger partial charge is 0.277 e. The van der Waals surface area contributed by atoms with E-state index in [4.69, 9.17) is 9.47 Å². The summed E-state index contributed by atoms with van der Waals surface area (Å²) in [6.45, 7) is 0. The van der Waals surface area contributed by atoms with Crippen molar-refractivity contribution in [1.29, 1.82) is 0 Å². The largest absolute Gasteiger partial charge is 0.493 e. The third-order valence-corrected chi connectivity index (χ3v) is 4.92. The Morgan fingerprint density at radius 1 is 1.00 bits per heavy atom. The first-order chi connectivity index (χ1) is 14.8. The molecule has 1 amide bonds. The van der Waals surface area contributed by atoms with E-state index in [2.05, 4.69) is 15.5 Å². The number of anilines is 1. The summed E-state index contributed by atoms with van der Waals surface area (Å²) in [6, 6.07) is 8.07. The van der Waals surface area contributed by atoms with E-state index in [1.165, 1.54) is 14.2 Å². The molecular formula is C18H15N5O7S. The van der Waals surface area contributed by atoms with Crippen LogP contribution in [0.25, 0.3) is 0 Å². The minimum Gasteiger partial charge on any atom is -0.493 e. The van der Waals surface area contributed by atoms with Gasteiger partial charge in [-0.15, -0.1) is 10.2 Å². The van der Waals surface area contributed by atoms with Crippen LogP contribution in [0.4, 0.5) is 16.5 Å². The van der Waals surface area contributed by atoms with Crippen LogP contribution >= 0.6 is 11.3 Å². The number of non-ortho nitro benzene ring substituents is 2. The molecule has 0 atom stereocenters. The van der Waals surface area contributed by atoms with Gasteiger partial charge in [-0.05, 0) is 17.7 Å². The third-order valence-electron chi connectivity index (χ3n) is 4.08. The summed E-state index contributed by atoms with van der Waals surface area (Å²) in [6.07, 6.45) is 0.413. The Kier molecular flexibility index (Phi) is 6.35. The van der Waals surface area contributed by atoms with Crippen molar-refractivity contribution in [2.24, 2.45) is 0 Å². The van der Waals surface area contributed by atoms with Gasteiger partial charge in [0.1, 0.15) is 5.01 Å². The van der Waals surface area contributed by atoms with Crippen LogP contribution in [0.2, 0.25) is 0 Å². The second kappa shape index (κ2) is 9.13. The molecule has 1 heterocycles. The highest BCUT2D eigenvalue weighted by Crippen LogP contribution is 2.29. The summed E-state index contributed by atoms with van der Waals surface area (Å²) in [4.78, 5) is 32.8. The third kappa shape index (κ3) is 5.08. The fourth-order valence-corrected chi connectivity index (χ4v) is 3.42. The molecule has 0 saturated carbocycles. The number of carbonyl (C=O) groups is 1. The molecular weight excluding hydrogens is 430 g/mol. The number of nitrogens with zero attached hydrogens (tertiary/aromatic N) is 4. The molecule has 160 valence electrons. The topological polar surface area (TPSA) is 160 Å². The van der Waals surface area contributed by atoms with Gasteiger partial charge in [0.15, 0.2) is 11.5 Å². The van der Waals surface area contributed by atoms with Crippen molar-refractivity contribution in [1.82, 2.24) is 10.2 Å². The molecule has 31 heavy (non-hydrogen) atoms. The number of carbonyl (C=O) groups excluding carboxylic acids is 1. The quantitative estimate of drug-likeness (QED) is 0.405. The molecule has 3 rings (SSSR count). The summed E-state index contributed by atoms with van der Waals surface area (Å²) in [5.41, 5.74) is -0.491. The Balaban J connectivity index is 1.76. The summed E-state index contributed by atoms with van der Waals surface area (Å²) < 4.78 is 10.5. The zero-order valence-corrected chi connectivity index (χ0v) is 17.0. The lowest BCUT2D eigenvalue weighted by molar-refractivity contribution is -0.394. The average Bonchev–Trinajstić information content (AvgIpc) is 3.19. The molecule has 0 aliphatic carbocycles. The number of hydrogen-bond acceptors (Lipinski definition) is 10. The van der Waals surface area contributed by atoms with E-state index >= 15 is 0 Å². The van der Waals surface area contributed by atoms with Crippen LogP contribution in [0.15, 0.2) is 36.4 Å². The Morgan fingerprint density at radius 3 is 2.23 bits per heavy atom. The van der Waals surface area contributed by atoms with Crippen molar-refractivity contribution in [3.63, 3.8) is 0 Å². The highest BCUT2D eigenvalue weighted by atomic mass is 32.1. The number of methoxy groups -OCH3 is 2. The number of ether oxygens (including phenoxy) is 2. The van der Waals surface area contributed by atoms with Gasteiger partial charge in [0.05, 0.1) is 35.7 Å². The number of nitrogens with one attached hydrogen (secondary N) is 1. The van der Waals surface area contributed by atoms with Crippen molar-refractivity contribution in [3.05, 3.63) is 72.8 Å². The maximum Gasteiger partial charge on any atom is 0.277 e. The molecule has 0 spiro atoms. The molecule has 0 bridgehead atoms. The fourth-order valence-electron chi connectivity index (χ4n) is 2.65. The normalized spacial score (nSPS) is 10.4. The predicted molar refractivity (Wildman–Crippen MR) is 110 cm³/mol. The Labute approximate surface area is 178 Å². The van der Waals surface area contributed by atoms with Crippen LogP contribution in [0.3, 0.4) is 0 Å². The molecule has 2 aromatic carbocycles. The van der Waals surface area contributed by atoms with Crippen LogP contribution in [-0.4, -0.2) is 40.2 Å². The Morgan fingerprint density at radius 2 is 1.65 bits per heavy atom. The number of nitro benzene ring substituents is 2. The van der Waals surface area contributed by atoms with Crippen molar-refractivity contribution < 1.29 is 24.1 Å². The van der Waals surface area contributed by atoms with Crippen molar-refractivity contribution in [2.45, 2.75) is 6.42 Å². The minimum absolute atomic E-state index is 0.148. The van der Waals surface area contributed by atoms with Gasteiger partial charge in [0.2, 0.25) is 5.13 Å². The second-order valence-electron chi connectivity index (χ2n) is 6.07. The molecule has 3 aromatic rings. The van der Waals surface area contributed by atoms with Crippen LogP contribution in [0, 0.1) is 20.2 Å². The lowest BCUT2D eigenvalue weighted by atomic mass is 10.1. The van der Waals surface area contributed by atoms with Gasteiger partial charge in [0.25, 0.3) is 17.3 Å². The summed E-state index contributed by atoms with van der Waals surface area (Å²) in [5, 5.41) is 33.1. The fraction of sp³-hybridized carbons (Fsp3) is 0.167. The molecule has 0 saturated heterocycles. The first kappa shape index (κ1) is 21.6. The SMILES string of the molecule is COc1ccc(Cc2nnc(NC(=O)c3cc([N+](=O)[O-])cc([N+](=O)[O-])c3)s2)cc1OC. The molecule has 0 radical (unpaired) electrons. The minimum atomic E-state index is -0.810. The molecule has 1 aromatic heterocycles. The summed E-state index contributed by atoms with van der Waals surface area (Å²) in [7, 11) is 3.06. The van der Waals surface area contributed by atoms with E-state index in [9.17, 15) is 25.0 Å². The van der Waals surface area contributed by atoms with Gasteiger partial charge in [0, 0.05) is 18.6 Å². The molecule has 1 N–H and O–H groups in total. The average molecular weight is 445 g/mol. The number of hydrogen-bond donors (Lipinski definition) is 1. The zero-order chi connectivity index (χ0) is 22.5. The standard InChI is InChI=1S/C18H15N5O7S/c1-29-14-4-3-10(5-15(14)30-2)6-16-20-21-18(31-16)19-17(24)11-7-12(22(25)26)9-13(8-11)23(27)28/h3-5,7-9H,6H2,1-2H3,(H,19,21,24). The first-order valence-electron chi connectivity index (χ1n) is 8.59. The number of nitro groups is 2. The number of benzene rings is 2. The van der Waals surface area contributed by atoms with Crippen LogP contribution < -0.4 is 14.8 Å². The zero-order valence-electron chi connectivity index (χ0n) is 16.2. The molecule has 0 unspecified atom stereocenters. The summed E-state index contributed by atoms with van der Waals surface area (Å²) in [5.74, 6) is 0.369. The molecule has 12 nitrogen and oxygen atoms in total. The van der Waals surface area contributed by atoms with E-state index in [1.54, 1.807) is 12.1 Å². The lowest BCUT2D eigenvalue weighted by Gasteiger charge is -2.08. The second-order valence-corrected chi connectivity index (χ2v) is 7.14. The van der Waals surface area contributed by atoms with Crippen LogP contribution in [0.5, 0.6) is 11.5 Å². The van der Waals surface area contributed by atoms with Crippen LogP contribution in [0.1, 0.15) is 20.9 Å². The van der Waals surface area contributed by atoms with Crippen molar-refractivity contribution >= 4 is 33.8 Å². The van der Waals surface area contributed by atoms with Gasteiger partial charge < -0.3 is 9.47 Å². The van der Waals surface area contributed by atoms with E-state index < -0.39 is 27.1 Å². The number of amides is 1. The monoisotopic (exact) mass is 445 g/mol. The molecule has 13 heteroatoms. The van der Waals surface area contributed by atoms with E-state index in [1.807, 2.05) is 6.07 Å². The highest BCUT2D eigenvalue weighted by Gasteiger charge is 2.21. The molecule has 0 aliphatic heterocycles.